The summed E-state index contributed by atoms with van der Waals surface area (Å²) < 4.78 is 1.58. The zero-order valence-corrected chi connectivity index (χ0v) is 14.0. The van der Waals surface area contributed by atoms with Crippen LogP contribution in [0.15, 0.2) is 54.2 Å². The molecule has 8 heteroatoms. The van der Waals surface area contributed by atoms with E-state index in [1.807, 2.05) is 41.8 Å². The molecule has 0 bridgehead atoms. The number of carbonyl (C=O) groups excluding carboxylic acids is 1. The number of benzene rings is 1. The van der Waals surface area contributed by atoms with Crippen molar-refractivity contribution < 1.29 is 4.79 Å². The first-order chi connectivity index (χ1) is 12.3. The molecule has 0 saturated carbocycles. The molecule has 4 rings (SSSR count). The number of thiophene rings is 1. The predicted octanol–water partition coefficient (Wildman–Crippen LogP) is 2.27. The lowest BCUT2D eigenvalue weighted by atomic mass is 10.2. The highest BCUT2D eigenvalue weighted by molar-refractivity contribution is 7.13. The minimum Gasteiger partial charge on any atom is -0.349 e. The van der Waals surface area contributed by atoms with Gasteiger partial charge in [0.2, 0.25) is 5.91 Å². The average Bonchev–Trinajstić information content (AvgIpc) is 3.31. The molecule has 124 valence electrons. The third kappa shape index (κ3) is 3.24. The van der Waals surface area contributed by atoms with Crippen LogP contribution in [0.3, 0.4) is 0 Å². The molecule has 0 atom stereocenters. The first kappa shape index (κ1) is 15.4. The van der Waals surface area contributed by atoms with Gasteiger partial charge in [-0.05, 0) is 23.6 Å². The topological polar surface area (TPSA) is 85.6 Å². The van der Waals surface area contributed by atoms with Crippen molar-refractivity contribution in [2.75, 3.05) is 0 Å². The zero-order chi connectivity index (χ0) is 17.1. The van der Waals surface area contributed by atoms with Crippen LogP contribution in [0.25, 0.3) is 21.6 Å². The van der Waals surface area contributed by atoms with Crippen molar-refractivity contribution in [3.05, 3.63) is 59.9 Å². The van der Waals surface area contributed by atoms with Crippen molar-refractivity contribution in [2.45, 2.75) is 13.1 Å². The standard InChI is InChI=1S/C17H14N6OS/c24-16(11-23-14-5-2-1-4-12(14)21-22-23)20-10-13-17(19-8-7-18-13)15-6-3-9-25-15/h1-9H,10-11H2,(H,20,24). The average molecular weight is 350 g/mol. The van der Waals surface area contributed by atoms with Crippen LogP contribution in [0.2, 0.25) is 0 Å². The minimum atomic E-state index is -0.154. The largest absolute Gasteiger partial charge is 0.349 e. The molecule has 1 amide bonds. The van der Waals surface area contributed by atoms with Crippen LogP contribution >= 0.6 is 11.3 Å². The molecule has 7 nitrogen and oxygen atoms in total. The summed E-state index contributed by atoms with van der Waals surface area (Å²) in [6.07, 6.45) is 3.28. The van der Waals surface area contributed by atoms with Gasteiger partial charge in [0.15, 0.2) is 0 Å². The highest BCUT2D eigenvalue weighted by Crippen LogP contribution is 2.24. The minimum absolute atomic E-state index is 0.106. The molecule has 0 spiro atoms. The van der Waals surface area contributed by atoms with E-state index in [4.69, 9.17) is 0 Å². The van der Waals surface area contributed by atoms with Gasteiger partial charge in [0, 0.05) is 12.4 Å². The summed E-state index contributed by atoms with van der Waals surface area (Å²) in [6, 6.07) is 11.5. The van der Waals surface area contributed by atoms with Gasteiger partial charge in [-0.3, -0.25) is 14.8 Å². The molecule has 1 aromatic carbocycles. The fourth-order valence-electron chi connectivity index (χ4n) is 2.52. The third-order valence-electron chi connectivity index (χ3n) is 3.70. The molecule has 0 aliphatic carbocycles. The maximum absolute atomic E-state index is 12.3. The van der Waals surface area contributed by atoms with Crippen molar-refractivity contribution >= 4 is 28.3 Å². The maximum atomic E-state index is 12.3. The van der Waals surface area contributed by atoms with Crippen LogP contribution in [-0.4, -0.2) is 30.9 Å². The Balaban J connectivity index is 1.46. The summed E-state index contributed by atoms with van der Waals surface area (Å²) in [7, 11) is 0. The molecule has 25 heavy (non-hydrogen) atoms. The van der Waals surface area contributed by atoms with E-state index in [2.05, 4.69) is 25.6 Å². The van der Waals surface area contributed by atoms with Gasteiger partial charge in [-0.25, -0.2) is 4.68 Å². The number of amides is 1. The molecule has 3 heterocycles. The van der Waals surface area contributed by atoms with Gasteiger partial charge in [-0.1, -0.05) is 23.4 Å². The van der Waals surface area contributed by atoms with Crippen molar-refractivity contribution in [2.24, 2.45) is 0 Å². The number of nitrogens with zero attached hydrogens (tertiary/aromatic N) is 5. The van der Waals surface area contributed by atoms with Gasteiger partial charge in [0.25, 0.3) is 0 Å². The van der Waals surface area contributed by atoms with E-state index in [1.54, 1.807) is 28.4 Å². The number of fused-ring (bicyclic) bond motifs is 1. The molecule has 0 radical (unpaired) electrons. The number of carbonyl (C=O) groups is 1. The molecule has 3 aromatic heterocycles. The van der Waals surface area contributed by atoms with E-state index in [1.165, 1.54) is 0 Å². The summed E-state index contributed by atoms with van der Waals surface area (Å²) in [5.74, 6) is -0.154. The predicted molar refractivity (Wildman–Crippen MR) is 94.7 cm³/mol. The molecular weight excluding hydrogens is 336 g/mol. The Morgan fingerprint density at radius 2 is 2.00 bits per heavy atom. The molecule has 0 saturated heterocycles. The van der Waals surface area contributed by atoms with E-state index < -0.39 is 0 Å². The summed E-state index contributed by atoms with van der Waals surface area (Å²) in [4.78, 5) is 22.0. The van der Waals surface area contributed by atoms with Gasteiger partial charge < -0.3 is 5.32 Å². The molecule has 1 N–H and O–H groups in total. The molecule has 0 aliphatic rings. The lowest BCUT2D eigenvalue weighted by Gasteiger charge is -2.08. The van der Waals surface area contributed by atoms with E-state index in [9.17, 15) is 4.79 Å². The lowest BCUT2D eigenvalue weighted by molar-refractivity contribution is -0.122. The van der Waals surface area contributed by atoms with E-state index >= 15 is 0 Å². The number of rotatable bonds is 5. The van der Waals surface area contributed by atoms with Crippen LogP contribution < -0.4 is 5.32 Å². The van der Waals surface area contributed by atoms with Gasteiger partial charge in [0.1, 0.15) is 17.8 Å². The smallest absolute Gasteiger partial charge is 0.242 e. The Kier molecular flexibility index (Phi) is 4.17. The van der Waals surface area contributed by atoms with Crippen molar-refractivity contribution in [3.8, 4) is 10.6 Å². The second kappa shape index (κ2) is 6.78. The quantitative estimate of drug-likeness (QED) is 0.597. The Labute approximate surface area is 147 Å². The summed E-state index contributed by atoms with van der Waals surface area (Å²) in [5.41, 5.74) is 3.13. The first-order valence-electron chi connectivity index (χ1n) is 7.70. The highest BCUT2D eigenvalue weighted by atomic mass is 32.1. The second-order valence-corrected chi connectivity index (χ2v) is 6.29. The highest BCUT2D eigenvalue weighted by Gasteiger charge is 2.12. The van der Waals surface area contributed by atoms with E-state index in [0.29, 0.717) is 6.54 Å². The van der Waals surface area contributed by atoms with Gasteiger partial charge in [-0.15, -0.1) is 16.4 Å². The van der Waals surface area contributed by atoms with E-state index in [-0.39, 0.29) is 12.5 Å². The number of aromatic nitrogens is 5. The Hall–Kier alpha value is -3.13. The number of hydrogen-bond donors (Lipinski definition) is 1. The van der Waals surface area contributed by atoms with Crippen LogP contribution in [0.4, 0.5) is 0 Å². The Morgan fingerprint density at radius 3 is 2.88 bits per heavy atom. The Morgan fingerprint density at radius 1 is 1.12 bits per heavy atom. The van der Waals surface area contributed by atoms with Crippen LogP contribution in [0.5, 0.6) is 0 Å². The SMILES string of the molecule is O=C(Cn1nnc2ccccc21)NCc1nccnc1-c1cccs1. The Bertz CT molecular complexity index is 1010. The number of para-hydroxylation sites is 1. The lowest BCUT2D eigenvalue weighted by Crippen LogP contribution is -2.28. The fourth-order valence-corrected chi connectivity index (χ4v) is 3.27. The third-order valence-corrected chi connectivity index (χ3v) is 4.57. The summed E-state index contributed by atoms with van der Waals surface area (Å²) in [5, 5.41) is 12.9. The van der Waals surface area contributed by atoms with Gasteiger partial charge >= 0.3 is 0 Å². The first-order valence-corrected chi connectivity index (χ1v) is 8.58. The monoisotopic (exact) mass is 350 g/mol. The molecule has 4 aromatic rings. The van der Waals surface area contributed by atoms with Crippen LogP contribution in [0, 0.1) is 0 Å². The van der Waals surface area contributed by atoms with Crippen molar-refractivity contribution in [3.63, 3.8) is 0 Å². The number of nitrogens with one attached hydrogen (secondary N) is 1. The number of hydrogen-bond acceptors (Lipinski definition) is 6. The fraction of sp³-hybridized carbons (Fsp3) is 0.118. The van der Waals surface area contributed by atoms with Crippen molar-refractivity contribution in [1.82, 2.24) is 30.3 Å². The molecular formula is C17H14N6OS. The van der Waals surface area contributed by atoms with Crippen molar-refractivity contribution in [1.29, 1.82) is 0 Å². The maximum Gasteiger partial charge on any atom is 0.242 e. The molecule has 0 aliphatic heterocycles. The molecule has 0 fully saturated rings. The van der Waals surface area contributed by atoms with Gasteiger partial charge in [-0.2, -0.15) is 0 Å². The van der Waals surface area contributed by atoms with Crippen LogP contribution in [0.1, 0.15) is 5.69 Å². The van der Waals surface area contributed by atoms with E-state index in [0.717, 1.165) is 27.3 Å². The summed E-state index contributed by atoms with van der Waals surface area (Å²) >= 11 is 1.59. The zero-order valence-electron chi connectivity index (χ0n) is 13.2. The normalized spacial score (nSPS) is 10.9. The van der Waals surface area contributed by atoms with Crippen LogP contribution in [-0.2, 0) is 17.9 Å². The molecule has 0 unspecified atom stereocenters. The second-order valence-electron chi connectivity index (χ2n) is 5.34. The van der Waals surface area contributed by atoms with Gasteiger partial charge in [0.05, 0.1) is 22.6 Å². The summed E-state index contributed by atoms with van der Waals surface area (Å²) in [6.45, 7) is 0.418.